The maximum atomic E-state index is 11.8. The minimum atomic E-state index is -0.990. The number of carbonyl (C=O) groups is 2. The molecule has 0 spiro atoms. The Morgan fingerprint density at radius 3 is 2.33 bits per heavy atom. The third-order valence-electron chi connectivity index (χ3n) is 2.46. The Bertz CT molecular complexity index is 417. The van der Waals surface area contributed by atoms with E-state index in [4.69, 9.17) is 5.11 Å². The lowest BCUT2D eigenvalue weighted by molar-refractivity contribution is 0.0696. The fraction of sp³-hybridized carbons (Fsp3) is 0.385. The van der Waals surface area contributed by atoms with Crippen LogP contribution in [0.4, 0.5) is 0 Å². The van der Waals surface area contributed by atoms with Crippen LogP contribution in [-0.2, 0) is 0 Å². The molecule has 98 valence electrons. The Kier molecular flexibility index (Phi) is 5.71. The molecule has 2 N–H and O–H groups in total. The lowest BCUT2D eigenvalue weighted by atomic mass is 10.1. The minimum absolute atomic E-state index is 0.167. The zero-order valence-electron chi connectivity index (χ0n) is 10.5. The maximum Gasteiger partial charge on any atom is 0.335 e. The monoisotopic (exact) mass is 267 g/mol. The lowest BCUT2D eigenvalue weighted by Crippen LogP contribution is -2.29. The third-order valence-corrected chi connectivity index (χ3v) is 3.36. The number of benzene rings is 1. The second-order valence-corrected chi connectivity index (χ2v) is 5.06. The van der Waals surface area contributed by atoms with Crippen LogP contribution in [0.1, 0.15) is 27.6 Å². The molecule has 1 rings (SSSR count). The zero-order valence-corrected chi connectivity index (χ0v) is 11.3. The molecule has 4 nitrogen and oxygen atoms in total. The predicted octanol–water partition coefficient (Wildman–Crippen LogP) is 2.11. The summed E-state index contributed by atoms with van der Waals surface area (Å²) in [5.41, 5.74) is 0.665. The summed E-state index contributed by atoms with van der Waals surface area (Å²) in [5.74, 6) is 0.260. The van der Waals surface area contributed by atoms with Gasteiger partial charge >= 0.3 is 5.97 Å². The number of carbonyl (C=O) groups excluding carboxylic acids is 1. The van der Waals surface area contributed by atoms with E-state index >= 15 is 0 Å². The largest absolute Gasteiger partial charge is 0.478 e. The fourth-order valence-corrected chi connectivity index (χ4v) is 2.16. The number of rotatable bonds is 6. The Balaban J connectivity index is 2.54. The van der Waals surface area contributed by atoms with Gasteiger partial charge in [0.25, 0.3) is 5.91 Å². The molecule has 0 bridgehead atoms. The molecule has 5 heteroatoms. The SMILES string of the molecule is CSCC(C)CNC(=O)c1ccc(C(=O)O)cc1. The summed E-state index contributed by atoms with van der Waals surface area (Å²) in [6.07, 6.45) is 2.03. The van der Waals surface area contributed by atoms with Crippen molar-refractivity contribution in [3.8, 4) is 0 Å². The number of aromatic carboxylic acids is 1. The predicted molar refractivity (Wildman–Crippen MR) is 73.3 cm³/mol. The number of nitrogens with one attached hydrogen (secondary N) is 1. The normalized spacial score (nSPS) is 11.9. The second kappa shape index (κ2) is 7.06. The van der Waals surface area contributed by atoms with Crippen LogP contribution < -0.4 is 5.32 Å². The van der Waals surface area contributed by atoms with Crippen molar-refractivity contribution >= 4 is 23.6 Å². The van der Waals surface area contributed by atoms with Crippen molar-refractivity contribution in [3.05, 3.63) is 35.4 Å². The van der Waals surface area contributed by atoms with Crippen LogP contribution >= 0.6 is 11.8 Å². The van der Waals surface area contributed by atoms with Gasteiger partial charge in [0.15, 0.2) is 0 Å². The van der Waals surface area contributed by atoms with Crippen LogP contribution in [-0.4, -0.2) is 35.5 Å². The average molecular weight is 267 g/mol. The highest BCUT2D eigenvalue weighted by Gasteiger charge is 2.09. The minimum Gasteiger partial charge on any atom is -0.478 e. The van der Waals surface area contributed by atoms with Crippen molar-refractivity contribution in [2.24, 2.45) is 5.92 Å². The summed E-state index contributed by atoms with van der Waals surface area (Å²) in [7, 11) is 0. The maximum absolute atomic E-state index is 11.8. The van der Waals surface area contributed by atoms with Crippen molar-refractivity contribution in [1.29, 1.82) is 0 Å². The van der Waals surface area contributed by atoms with E-state index in [0.29, 0.717) is 18.0 Å². The highest BCUT2D eigenvalue weighted by Crippen LogP contribution is 2.06. The van der Waals surface area contributed by atoms with Crippen LogP contribution in [0.25, 0.3) is 0 Å². The zero-order chi connectivity index (χ0) is 13.5. The Labute approximate surface area is 111 Å². The van der Waals surface area contributed by atoms with Gasteiger partial charge < -0.3 is 10.4 Å². The van der Waals surface area contributed by atoms with Gasteiger partial charge in [-0.2, -0.15) is 11.8 Å². The second-order valence-electron chi connectivity index (χ2n) is 4.15. The first-order valence-electron chi connectivity index (χ1n) is 5.65. The highest BCUT2D eigenvalue weighted by molar-refractivity contribution is 7.98. The molecule has 0 saturated heterocycles. The molecule has 0 radical (unpaired) electrons. The van der Waals surface area contributed by atoms with Gasteiger partial charge in [-0.25, -0.2) is 4.79 Å². The number of amides is 1. The molecule has 1 unspecified atom stereocenters. The van der Waals surface area contributed by atoms with Crippen molar-refractivity contribution < 1.29 is 14.7 Å². The molecule has 18 heavy (non-hydrogen) atoms. The van der Waals surface area contributed by atoms with E-state index in [2.05, 4.69) is 12.2 Å². The van der Waals surface area contributed by atoms with Gasteiger partial charge in [-0.1, -0.05) is 6.92 Å². The van der Waals surface area contributed by atoms with E-state index in [1.165, 1.54) is 24.3 Å². The Morgan fingerprint density at radius 2 is 1.83 bits per heavy atom. The van der Waals surface area contributed by atoms with Crippen LogP contribution in [0, 0.1) is 5.92 Å². The number of carboxylic acid groups (broad SMARTS) is 1. The summed E-state index contributed by atoms with van der Waals surface area (Å²) in [6.45, 7) is 2.70. The highest BCUT2D eigenvalue weighted by atomic mass is 32.2. The van der Waals surface area contributed by atoms with Gasteiger partial charge in [-0.15, -0.1) is 0 Å². The summed E-state index contributed by atoms with van der Waals surface area (Å²) in [4.78, 5) is 22.4. The summed E-state index contributed by atoms with van der Waals surface area (Å²) in [6, 6.07) is 5.92. The van der Waals surface area contributed by atoms with Crippen molar-refractivity contribution in [2.45, 2.75) is 6.92 Å². The van der Waals surface area contributed by atoms with Gasteiger partial charge in [0.05, 0.1) is 5.56 Å². The lowest BCUT2D eigenvalue weighted by Gasteiger charge is -2.11. The van der Waals surface area contributed by atoms with Crippen molar-refractivity contribution in [1.82, 2.24) is 5.32 Å². The van der Waals surface area contributed by atoms with E-state index in [1.54, 1.807) is 11.8 Å². The third kappa shape index (κ3) is 4.41. The molecule has 1 amide bonds. The first kappa shape index (κ1) is 14.6. The fourth-order valence-electron chi connectivity index (χ4n) is 1.48. The van der Waals surface area contributed by atoms with Crippen molar-refractivity contribution in [3.63, 3.8) is 0 Å². The summed E-state index contributed by atoms with van der Waals surface area (Å²) in [5, 5.41) is 11.6. The smallest absolute Gasteiger partial charge is 0.335 e. The molecule has 0 saturated carbocycles. The number of hydrogen-bond acceptors (Lipinski definition) is 3. The van der Waals surface area contributed by atoms with E-state index in [9.17, 15) is 9.59 Å². The molecular formula is C13H17NO3S. The van der Waals surface area contributed by atoms with Crippen LogP contribution in [0.5, 0.6) is 0 Å². The number of hydrogen-bond donors (Lipinski definition) is 2. The van der Waals surface area contributed by atoms with Gasteiger partial charge in [0, 0.05) is 12.1 Å². The quantitative estimate of drug-likeness (QED) is 0.828. The standard InChI is InChI=1S/C13H17NO3S/c1-9(8-18-2)7-14-12(15)10-3-5-11(6-4-10)13(16)17/h3-6,9H,7-8H2,1-2H3,(H,14,15)(H,16,17). The molecule has 1 aromatic carbocycles. The van der Waals surface area contributed by atoms with Gasteiger partial charge in [0.2, 0.25) is 0 Å². The Hall–Kier alpha value is -1.49. The summed E-state index contributed by atoms with van der Waals surface area (Å²) < 4.78 is 0. The van der Waals surface area contributed by atoms with Crippen LogP contribution in [0.2, 0.25) is 0 Å². The van der Waals surface area contributed by atoms with E-state index in [-0.39, 0.29) is 11.5 Å². The summed E-state index contributed by atoms with van der Waals surface area (Å²) >= 11 is 1.75. The molecule has 0 fully saturated rings. The molecule has 0 aromatic heterocycles. The molecule has 1 atom stereocenters. The van der Waals surface area contributed by atoms with E-state index < -0.39 is 5.97 Å². The number of thioether (sulfide) groups is 1. The molecule has 1 aromatic rings. The van der Waals surface area contributed by atoms with E-state index in [1.807, 2.05) is 6.26 Å². The Morgan fingerprint density at radius 1 is 1.28 bits per heavy atom. The van der Waals surface area contributed by atoms with Crippen molar-refractivity contribution in [2.75, 3.05) is 18.6 Å². The first-order valence-corrected chi connectivity index (χ1v) is 7.04. The van der Waals surface area contributed by atoms with E-state index in [0.717, 1.165) is 5.75 Å². The topological polar surface area (TPSA) is 66.4 Å². The first-order chi connectivity index (χ1) is 8.54. The molecule has 0 heterocycles. The average Bonchev–Trinajstić information content (AvgIpc) is 2.36. The molecule has 0 aliphatic heterocycles. The number of carboxylic acids is 1. The molecule has 0 aliphatic carbocycles. The molecular weight excluding hydrogens is 250 g/mol. The van der Waals surface area contributed by atoms with Gasteiger partial charge in [-0.05, 0) is 42.2 Å². The van der Waals surface area contributed by atoms with Gasteiger partial charge in [-0.3, -0.25) is 4.79 Å². The van der Waals surface area contributed by atoms with Crippen LogP contribution in [0.3, 0.4) is 0 Å². The molecule has 0 aliphatic rings. The van der Waals surface area contributed by atoms with Gasteiger partial charge in [0.1, 0.15) is 0 Å². The van der Waals surface area contributed by atoms with Crippen LogP contribution in [0.15, 0.2) is 24.3 Å².